The van der Waals surface area contributed by atoms with E-state index in [1.165, 1.54) is 37.7 Å². The Bertz CT molecular complexity index is 571. The first-order chi connectivity index (χ1) is 12.8. The molecule has 2 nitrogen and oxygen atoms in total. The van der Waals surface area contributed by atoms with Crippen LogP contribution in [0.1, 0.15) is 70.3 Å². The van der Waals surface area contributed by atoms with Crippen LogP contribution in [-0.2, 0) is 0 Å². The topological polar surface area (TPSA) is 18.5 Å². The minimum Gasteiger partial charge on any atom is -0.494 e. The lowest BCUT2D eigenvalue weighted by Crippen LogP contribution is -2.04. The predicted octanol–water partition coefficient (Wildman–Crippen LogP) is 7.00. The van der Waals surface area contributed by atoms with E-state index in [2.05, 4.69) is 38.1 Å². The molecule has 0 radical (unpaired) electrons. The van der Waals surface area contributed by atoms with Crippen molar-refractivity contribution in [2.45, 2.75) is 64.7 Å². The molecule has 2 heteroatoms. The summed E-state index contributed by atoms with van der Waals surface area (Å²) in [4.78, 5) is 0. The highest BCUT2D eigenvalue weighted by molar-refractivity contribution is 5.29. The van der Waals surface area contributed by atoms with Crippen molar-refractivity contribution in [1.82, 2.24) is 0 Å². The Balaban J connectivity index is 0.000000209. The van der Waals surface area contributed by atoms with Crippen LogP contribution in [-0.4, -0.2) is 13.2 Å². The van der Waals surface area contributed by atoms with Crippen molar-refractivity contribution in [3.63, 3.8) is 0 Å². The zero-order valence-corrected chi connectivity index (χ0v) is 16.5. The Morgan fingerprint density at radius 1 is 0.692 bits per heavy atom. The average molecular weight is 355 g/mol. The number of ether oxygens (including phenoxy) is 2. The maximum Gasteiger partial charge on any atom is 0.119 e. The molecule has 0 heterocycles. The first-order valence-corrected chi connectivity index (χ1v) is 10.2. The average Bonchev–Trinajstić information content (AvgIpc) is 2.73. The van der Waals surface area contributed by atoms with E-state index >= 15 is 0 Å². The van der Waals surface area contributed by atoms with E-state index in [0.29, 0.717) is 0 Å². The monoisotopic (exact) mass is 354 g/mol. The standard InChI is InChI=1S/C15H22O.C9H12O/c1-2-12-16-15-10-8-14(9-11-15)13-6-4-3-5-7-13;1-2-8-10-9-6-4-3-5-7-9/h8-11,13H,2-7,12H2,1H3;3-7H,2,8H2,1H3. The van der Waals surface area contributed by atoms with Crippen LogP contribution in [0.2, 0.25) is 0 Å². The molecule has 0 amide bonds. The Hall–Kier alpha value is -1.96. The van der Waals surface area contributed by atoms with Crippen LogP contribution in [0, 0.1) is 0 Å². The highest BCUT2D eigenvalue weighted by atomic mass is 16.5. The van der Waals surface area contributed by atoms with Crippen LogP contribution in [0.25, 0.3) is 0 Å². The summed E-state index contributed by atoms with van der Waals surface area (Å²) < 4.78 is 11.0. The molecule has 1 saturated carbocycles. The summed E-state index contributed by atoms with van der Waals surface area (Å²) in [6, 6.07) is 18.6. The Morgan fingerprint density at radius 2 is 1.23 bits per heavy atom. The molecule has 0 saturated heterocycles. The van der Waals surface area contributed by atoms with Gasteiger partial charge in [-0.2, -0.15) is 0 Å². The third kappa shape index (κ3) is 7.51. The van der Waals surface area contributed by atoms with Crippen LogP contribution in [0.5, 0.6) is 11.5 Å². The van der Waals surface area contributed by atoms with Gasteiger partial charge in [0, 0.05) is 0 Å². The minimum absolute atomic E-state index is 0.800. The molecule has 2 aromatic carbocycles. The highest BCUT2D eigenvalue weighted by Gasteiger charge is 2.14. The number of para-hydroxylation sites is 1. The van der Waals surface area contributed by atoms with Crippen molar-refractivity contribution in [3.8, 4) is 11.5 Å². The van der Waals surface area contributed by atoms with E-state index in [-0.39, 0.29) is 0 Å². The van der Waals surface area contributed by atoms with Gasteiger partial charge in [-0.05, 0) is 61.4 Å². The summed E-state index contributed by atoms with van der Waals surface area (Å²) in [5.74, 6) is 2.78. The molecule has 1 fully saturated rings. The summed E-state index contributed by atoms with van der Waals surface area (Å²) >= 11 is 0. The molecule has 3 rings (SSSR count). The van der Waals surface area contributed by atoms with Crippen molar-refractivity contribution >= 4 is 0 Å². The van der Waals surface area contributed by atoms with E-state index in [1.54, 1.807) is 0 Å². The molecule has 142 valence electrons. The normalized spacial score (nSPS) is 14.2. The lowest BCUT2D eigenvalue weighted by Gasteiger charge is -2.22. The van der Waals surface area contributed by atoms with Gasteiger partial charge in [-0.25, -0.2) is 0 Å². The molecule has 0 unspecified atom stereocenters. The first-order valence-electron chi connectivity index (χ1n) is 10.2. The molecule has 1 aliphatic carbocycles. The molecule has 1 aliphatic rings. The Kier molecular flexibility index (Phi) is 9.71. The second kappa shape index (κ2) is 12.4. The van der Waals surface area contributed by atoms with E-state index in [4.69, 9.17) is 9.47 Å². The molecular formula is C24H34O2. The Morgan fingerprint density at radius 3 is 1.77 bits per heavy atom. The van der Waals surface area contributed by atoms with Crippen LogP contribution in [0.15, 0.2) is 54.6 Å². The molecular weight excluding hydrogens is 320 g/mol. The lowest BCUT2D eigenvalue weighted by atomic mass is 9.84. The molecule has 0 N–H and O–H groups in total. The fourth-order valence-electron chi connectivity index (χ4n) is 3.23. The first kappa shape index (κ1) is 20.4. The van der Waals surface area contributed by atoms with E-state index < -0.39 is 0 Å². The van der Waals surface area contributed by atoms with Crippen LogP contribution in [0.3, 0.4) is 0 Å². The van der Waals surface area contributed by atoms with Gasteiger partial charge in [-0.15, -0.1) is 0 Å². The van der Waals surface area contributed by atoms with Crippen molar-refractivity contribution in [1.29, 1.82) is 0 Å². The van der Waals surface area contributed by atoms with E-state index in [0.717, 1.165) is 43.5 Å². The smallest absolute Gasteiger partial charge is 0.119 e. The van der Waals surface area contributed by atoms with Gasteiger partial charge in [0.15, 0.2) is 0 Å². The number of hydrogen-bond donors (Lipinski definition) is 0. The third-order valence-electron chi connectivity index (χ3n) is 4.65. The molecule has 0 aromatic heterocycles. The summed E-state index contributed by atoms with van der Waals surface area (Å²) in [5, 5.41) is 0. The van der Waals surface area contributed by atoms with Gasteiger partial charge < -0.3 is 9.47 Å². The molecule has 2 aromatic rings. The maximum atomic E-state index is 5.60. The zero-order valence-electron chi connectivity index (χ0n) is 16.5. The van der Waals surface area contributed by atoms with Gasteiger partial charge >= 0.3 is 0 Å². The van der Waals surface area contributed by atoms with Crippen molar-refractivity contribution in [3.05, 3.63) is 60.2 Å². The quantitative estimate of drug-likeness (QED) is 0.533. The Labute approximate surface area is 159 Å². The van der Waals surface area contributed by atoms with Crippen LogP contribution < -0.4 is 9.47 Å². The molecule has 0 bridgehead atoms. The van der Waals surface area contributed by atoms with E-state index in [9.17, 15) is 0 Å². The number of benzene rings is 2. The largest absolute Gasteiger partial charge is 0.494 e. The second-order valence-corrected chi connectivity index (χ2v) is 6.91. The summed E-state index contributed by atoms with van der Waals surface area (Å²) in [7, 11) is 0. The van der Waals surface area contributed by atoms with Crippen molar-refractivity contribution in [2.75, 3.05) is 13.2 Å². The third-order valence-corrected chi connectivity index (χ3v) is 4.65. The second-order valence-electron chi connectivity index (χ2n) is 6.91. The summed E-state index contributed by atoms with van der Waals surface area (Å²) in [5.41, 5.74) is 1.50. The van der Waals surface area contributed by atoms with Gasteiger partial charge in [0.2, 0.25) is 0 Å². The van der Waals surface area contributed by atoms with Crippen LogP contribution >= 0.6 is 0 Å². The summed E-state index contributed by atoms with van der Waals surface area (Å²) in [6.07, 6.45) is 9.11. The lowest BCUT2D eigenvalue weighted by molar-refractivity contribution is 0.317. The molecule has 0 spiro atoms. The summed E-state index contributed by atoms with van der Waals surface area (Å²) in [6.45, 7) is 5.87. The van der Waals surface area contributed by atoms with Crippen molar-refractivity contribution in [2.24, 2.45) is 0 Å². The minimum atomic E-state index is 0.800. The molecule has 26 heavy (non-hydrogen) atoms. The molecule has 0 aliphatic heterocycles. The van der Waals surface area contributed by atoms with Gasteiger partial charge in [0.1, 0.15) is 11.5 Å². The SMILES string of the molecule is CCCOc1ccc(C2CCCCC2)cc1.CCCOc1ccccc1. The van der Waals surface area contributed by atoms with Gasteiger partial charge in [0.05, 0.1) is 13.2 Å². The molecule has 0 atom stereocenters. The number of rotatable bonds is 7. The number of hydrogen-bond acceptors (Lipinski definition) is 2. The predicted molar refractivity (Wildman–Crippen MR) is 110 cm³/mol. The van der Waals surface area contributed by atoms with Crippen LogP contribution in [0.4, 0.5) is 0 Å². The van der Waals surface area contributed by atoms with Crippen molar-refractivity contribution < 1.29 is 9.47 Å². The van der Waals surface area contributed by atoms with Gasteiger partial charge in [-0.1, -0.05) is 63.4 Å². The van der Waals surface area contributed by atoms with E-state index in [1.807, 2.05) is 30.3 Å². The highest BCUT2D eigenvalue weighted by Crippen LogP contribution is 2.33. The zero-order chi connectivity index (χ0) is 18.5. The fraction of sp³-hybridized carbons (Fsp3) is 0.500. The fourth-order valence-corrected chi connectivity index (χ4v) is 3.23. The maximum absolute atomic E-state index is 5.60. The van der Waals surface area contributed by atoms with Gasteiger partial charge in [0.25, 0.3) is 0 Å². The van der Waals surface area contributed by atoms with Gasteiger partial charge in [-0.3, -0.25) is 0 Å².